The number of aromatic nitrogens is 2. The van der Waals surface area contributed by atoms with Crippen molar-refractivity contribution >= 4 is 5.82 Å². The molecule has 1 aromatic heterocycles. The van der Waals surface area contributed by atoms with Crippen LogP contribution in [0.15, 0.2) is 17.2 Å². The van der Waals surface area contributed by atoms with Gasteiger partial charge >= 0.3 is 0 Å². The van der Waals surface area contributed by atoms with Gasteiger partial charge in [0.25, 0.3) is 5.56 Å². The van der Waals surface area contributed by atoms with Crippen molar-refractivity contribution in [1.29, 1.82) is 0 Å². The van der Waals surface area contributed by atoms with Crippen molar-refractivity contribution in [2.75, 3.05) is 18.0 Å². The Bertz CT molecular complexity index is 498. The van der Waals surface area contributed by atoms with Crippen molar-refractivity contribution in [3.63, 3.8) is 0 Å². The van der Waals surface area contributed by atoms with Crippen LogP contribution in [0.4, 0.5) is 5.82 Å². The predicted octanol–water partition coefficient (Wildman–Crippen LogP) is 0.344. The van der Waals surface area contributed by atoms with E-state index < -0.39 is 0 Å². The van der Waals surface area contributed by atoms with Crippen molar-refractivity contribution < 1.29 is 0 Å². The second kappa shape index (κ2) is 4.39. The summed E-state index contributed by atoms with van der Waals surface area (Å²) in [6, 6.07) is 0.293. The highest BCUT2D eigenvalue weighted by Gasteiger charge is 2.39. The van der Waals surface area contributed by atoms with E-state index in [0.717, 1.165) is 19.5 Å². The summed E-state index contributed by atoms with van der Waals surface area (Å²) in [5, 5.41) is 0. The van der Waals surface area contributed by atoms with Gasteiger partial charge in [-0.1, -0.05) is 6.42 Å². The van der Waals surface area contributed by atoms with Gasteiger partial charge in [0, 0.05) is 38.6 Å². The zero-order valence-corrected chi connectivity index (χ0v) is 10.7. The summed E-state index contributed by atoms with van der Waals surface area (Å²) in [7, 11) is 1.77. The molecule has 0 radical (unpaired) electrons. The van der Waals surface area contributed by atoms with E-state index in [0.29, 0.717) is 23.7 Å². The third-order valence-electron chi connectivity index (χ3n) is 4.45. The second-order valence-electron chi connectivity index (χ2n) is 5.59. The van der Waals surface area contributed by atoms with E-state index in [-0.39, 0.29) is 5.56 Å². The minimum Gasteiger partial charge on any atom is -0.351 e. The van der Waals surface area contributed by atoms with Gasteiger partial charge in [-0.05, 0) is 24.7 Å². The summed E-state index contributed by atoms with van der Waals surface area (Å²) < 4.78 is 1.59. The van der Waals surface area contributed by atoms with Crippen LogP contribution in [-0.2, 0) is 7.05 Å². The number of rotatable bonds is 1. The lowest BCUT2D eigenvalue weighted by Gasteiger charge is -2.29. The molecule has 1 aromatic rings. The molecule has 18 heavy (non-hydrogen) atoms. The fraction of sp³-hybridized carbons (Fsp3) is 0.692. The predicted molar refractivity (Wildman–Crippen MR) is 70.5 cm³/mol. The van der Waals surface area contributed by atoms with Gasteiger partial charge in [-0.3, -0.25) is 4.79 Å². The van der Waals surface area contributed by atoms with Gasteiger partial charge in [0.15, 0.2) is 5.82 Å². The molecule has 2 heterocycles. The molecule has 0 aromatic carbocycles. The Morgan fingerprint density at radius 3 is 3.00 bits per heavy atom. The first-order chi connectivity index (χ1) is 8.66. The maximum Gasteiger partial charge on any atom is 0.293 e. The summed E-state index contributed by atoms with van der Waals surface area (Å²) in [4.78, 5) is 18.5. The third kappa shape index (κ3) is 1.82. The fourth-order valence-electron chi connectivity index (χ4n) is 3.39. The number of anilines is 1. The maximum absolute atomic E-state index is 12.1. The molecule has 3 unspecified atom stereocenters. The summed E-state index contributed by atoms with van der Waals surface area (Å²) in [6.45, 7) is 1.82. The average molecular weight is 248 g/mol. The Labute approximate surface area is 107 Å². The maximum atomic E-state index is 12.1. The Hall–Kier alpha value is -1.36. The molecular weight excluding hydrogens is 228 g/mol. The molecule has 3 rings (SSSR count). The van der Waals surface area contributed by atoms with Gasteiger partial charge in [-0.2, -0.15) is 0 Å². The van der Waals surface area contributed by atoms with Crippen LogP contribution in [0.1, 0.15) is 19.3 Å². The normalized spacial score (nSPS) is 31.4. The quantitative estimate of drug-likeness (QED) is 0.778. The van der Waals surface area contributed by atoms with E-state index in [1.54, 1.807) is 24.0 Å². The van der Waals surface area contributed by atoms with Crippen LogP contribution >= 0.6 is 0 Å². The number of aryl methyl sites for hydroxylation is 1. The van der Waals surface area contributed by atoms with Gasteiger partial charge in [0.2, 0.25) is 0 Å². The molecule has 1 aliphatic heterocycles. The van der Waals surface area contributed by atoms with E-state index in [4.69, 9.17) is 5.73 Å². The average Bonchev–Trinajstić information content (AvgIpc) is 2.78. The molecule has 5 nitrogen and oxygen atoms in total. The number of nitrogens with zero attached hydrogens (tertiary/aromatic N) is 3. The largest absolute Gasteiger partial charge is 0.351 e. The molecular formula is C13H20N4O. The van der Waals surface area contributed by atoms with Crippen molar-refractivity contribution in [1.82, 2.24) is 9.55 Å². The first-order valence-corrected chi connectivity index (χ1v) is 6.69. The first kappa shape index (κ1) is 11.7. The van der Waals surface area contributed by atoms with E-state index in [1.165, 1.54) is 12.8 Å². The minimum atomic E-state index is -0.00952. The molecule has 0 spiro atoms. The fourth-order valence-corrected chi connectivity index (χ4v) is 3.39. The topological polar surface area (TPSA) is 64.2 Å². The van der Waals surface area contributed by atoms with Crippen molar-refractivity contribution in [3.05, 3.63) is 22.7 Å². The number of fused-ring (bicyclic) bond motifs is 1. The van der Waals surface area contributed by atoms with Crippen LogP contribution in [0, 0.1) is 11.8 Å². The van der Waals surface area contributed by atoms with Crippen LogP contribution < -0.4 is 16.2 Å². The molecule has 0 bridgehead atoms. The Balaban J connectivity index is 1.87. The zero-order chi connectivity index (χ0) is 12.7. The third-order valence-corrected chi connectivity index (χ3v) is 4.45. The van der Waals surface area contributed by atoms with Gasteiger partial charge in [0.05, 0.1) is 0 Å². The van der Waals surface area contributed by atoms with E-state index in [1.807, 2.05) is 0 Å². The van der Waals surface area contributed by atoms with Crippen molar-refractivity contribution in [2.45, 2.75) is 25.3 Å². The smallest absolute Gasteiger partial charge is 0.293 e. The number of hydrogen-bond donors (Lipinski definition) is 1. The monoisotopic (exact) mass is 248 g/mol. The summed E-state index contributed by atoms with van der Waals surface area (Å²) >= 11 is 0. The zero-order valence-electron chi connectivity index (χ0n) is 10.7. The summed E-state index contributed by atoms with van der Waals surface area (Å²) in [5.41, 5.74) is 6.19. The van der Waals surface area contributed by atoms with Crippen LogP contribution in [0.2, 0.25) is 0 Å². The molecule has 2 aliphatic rings. The molecule has 2 N–H and O–H groups in total. The highest BCUT2D eigenvalue weighted by molar-refractivity contribution is 5.38. The van der Waals surface area contributed by atoms with Crippen molar-refractivity contribution in [2.24, 2.45) is 24.6 Å². The molecule has 1 saturated heterocycles. The lowest BCUT2D eigenvalue weighted by molar-refractivity contribution is 0.260. The highest BCUT2D eigenvalue weighted by atomic mass is 16.1. The first-order valence-electron chi connectivity index (χ1n) is 6.69. The Kier molecular flexibility index (Phi) is 2.86. The number of nitrogens with two attached hydrogens (primary N) is 1. The van der Waals surface area contributed by atoms with E-state index in [2.05, 4.69) is 9.88 Å². The minimum absolute atomic E-state index is 0.00952. The van der Waals surface area contributed by atoms with Crippen molar-refractivity contribution in [3.8, 4) is 0 Å². The van der Waals surface area contributed by atoms with E-state index in [9.17, 15) is 4.79 Å². The molecule has 0 amide bonds. The van der Waals surface area contributed by atoms with Crippen LogP contribution in [0.5, 0.6) is 0 Å². The Morgan fingerprint density at radius 1 is 1.39 bits per heavy atom. The summed E-state index contributed by atoms with van der Waals surface area (Å²) in [6.07, 6.45) is 6.97. The lowest BCUT2D eigenvalue weighted by Crippen LogP contribution is -2.38. The standard InChI is InChI=1S/C13H20N4O/c1-16-6-5-15-12(13(16)18)17-7-9-3-2-4-11(14)10(9)8-17/h5-6,9-11H,2-4,7-8,14H2,1H3. The van der Waals surface area contributed by atoms with Gasteiger partial charge in [0.1, 0.15) is 0 Å². The lowest BCUT2D eigenvalue weighted by atomic mass is 9.78. The highest BCUT2D eigenvalue weighted by Crippen LogP contribution is 2.36. The molecule has 2 fully saturated rings. The van der Waals surface area contributed by atoms with E-state index >= 15 is 0 Å². The molecule has 5 heteroatoms. The van der Waals surface area contributed by atoms with Crippen LogP contribution in [-0.4, -0.2) is 28.7 Å². The Morgan fingerprint density at radius 2 is 2.22 bits per heavy atom. The molecule has 1 aliphatic carbocycles. The summed E-state index contributed by atoms with van der Waals surface area (Å²) in [5.74, 6) is 1.76. The molecule has 1 saturated carbocycles. The molecule has 3 atom stereocenters. The number of hydrogen-bond acceptors (Lipinski definition) is 4. The van der Waals surface area contributed by atoms with Gasteiger partial charge in [-0.15, -0.1) is 0 Å². The van der Waals surface area contributed by atoms with Gasteiger partial charge in [-0.25, -0.2) is 4.98 Å². The second-order valence-corrected chi connectivity index (χ2v) is 5.59. The van der Waals surface area contributed by atoms with Crippen LogP contribution in [0.3, 0.4) is 0 Å². The SMILES string of the molecule is Cn1ccnc(N2CC3CCCC(N)C3C2)c1=O. The molecule has 98 valence electrons. The van der Waals surface area contributed by atoms with Gasteiger partial charge < -0.3 is 15.2 Å². The van der Waals surface area contributed by atoms with Crippen LogP contribution in [0.25, 0.3) is 0 Å².